The fourth-order valence-electron chi connectivity index (χ4n) is 3.31. The number of para-hydroxylation sites is 1. The number of hydrazine groups is 1. The average molecular weight is 403 g/mol. The van der Waals surface area contributed by atoms with Gasteiger partial charge in [-0.25, -0.2) is 0 Å². The molecule has 152 valence electrons. The Bertz CT molecular complexity index is 1210. The van der Waals surface area contributed by atoms with Crippen molar-refractivity contribution in [3.8, 4) is 17.0 Å². The lowest BCUT2D eigenvalue weighted by Crippen LogP contribution is -2.42. The molecule has 0 radical (unpaired) electrons. The maximum atomic E-state index is 12.4. The van der Waals surface area contributed by atoms with Gasteiger partial charge in [0.25, 0.3) is 5.91 Å². The van der Waals surface area contributed by atoms with Gasteiger partial charge in [-0.2, -0.15) is 5.10 Å². The molecule has 4 N–H and O–H groups in total. The molecule has 4 rings (SSSR count). The van der Waals surface area contributed by atoms with Crippen LogP contribution in [0.2, 0.25) is 0 Å². The summed E-state index contributed by atoms with van der Waals surface area (Å²) >= 11 is 0. The Hall–Kier alpha value is -4.07. The lowest BCUT2D eigenvalue weighted by Gasteiger charge is -2.06. The summed E-state index contributed by atoms with van der Waals surface area (Å²) in [5.41, 5.74) is 9.38. The zero-order chi connectivity index (χ0) is 21.1. The maximum absolute atomic E-state index is 12.4. The highest BCUT2D eigenvalue weighted by Crippen LogP contribution is 2.22. The number of hydrogen-bond donors (Lipinski definition) is 4. The maximum Gasteiger partial charge on any atom is 0.287 e. The standard InChI is InChI=1S/C22H21N5O3/c1-13-17(16-5-3-4-6-18(16)23-13)11-21(28)26-27-22(29)20-12-19(24-25-20)14-7-9-15(30-2)10-8-14/h3-10,12,23H,11H2,1-2H3,(H,24,25)(H,26,28)(H,27,29). The average Bonchev–Trinajstić information content (AvgIpc) is 3.37. The molecule has 0 saturated heterocycles. The van der Waals surface area contributed by atoms with E-state index in [2.05, 4.69) is 26.0 Å². The summed E-state index contributed by atoms with van der Waals surface area (Å²) in [7, 11) is 1.60. The van der Waals surface area contributed by atoms with E-state index in [9.17, 15) is 9.59 Å². The van der Waals surface area contributed by atoms with Gasteiger partial charge in [-0.05, 0) is 48.9 Å². The molecule has 0 unspecified atom stereocenters. The molecule has 0 bridgehead atoms. The van der Waals surface area contributed by atoms with Crippen LogP contribution >= 0.6 is 0 Å². The summed E-state index contributed by atoms with van der Waals surface area (Å²) in [6.45, 7) is 1.92. The number of methoxy groups -OCH3 is 1. The minimum absolute atomic E-state index is 0.149. The van der Waals surface area contributed by atoms with Crippen LogP contribution in [-0.2, 0) is 11.2 Å². The van der Waals surface area contributed by atoms with E-state index in [4.69, 9.17) is 4.74 Å². The normalized spacial score (nSPS) is 10.7. The molecule has 0 saturated carbocycles. The van der Waals surface area contributed by atoms with Crippen LogP contribution < -0.4 is 15.6 Å². The minimum atomic E-state index is -0.480. The van der Waals surface area contributed by atoms with E-state index < -0.39 is 5.91 Å². The number of carbonyl (C=O) groups excluding carboxylic acids is 2. The molecule has 8 heteroatoms. The first-order chi connectivity index (χ1) is 14.5. The van der Waals surface area contributed by atoms with Crippen molar-refractivity contribution in [1.82, 2.24) is 26.0 Å². The summed E-state index contributed by atoms with van der Waals surface area (Å²) in [5.74, 6) is -0.0576. The number of aromatic amines is 2. The van der Waals surface area contributed by atoms with Crippen LogP contribution in [0.1, 0.15) is 21.7 Å². The molecule has 4 aromatic rings. The zero-order valence-electron chi connectivity index (χ0n) is 16.6. The molecular formula is C22H21N5O3. The predicted molar refractivity (Wildman–Crippen MR) is 113 cm³/mol. The highest BCUT2D eigenvalue weighted by Gasteiger charge is 2.15. The van der Waals surface area contributed by atoms with E-state index >= 15 is 0 Å². The summed E-state index contributed by atoms with van der Waals surface area (Å²) in [5, 5.41) is 7.83. The molecule has 2 heterocycles. The van der Waals surface area contributed by atoms with E-state index in [1.165, 1.54) is 0 Å². The van der Waals surface area contributed by atoms with Gasteiger partial charge in [0.05, 0.1) is 19.2 Å². The SMILES string of the molecule is COc1ccc(-c2cc(C(=O)NNC(=O)Cc3c(C)[nH]c4ccccc34)[nH]n2)cc1. The first kappa shape index (κ1) is 19.3. The Balaban J connectivity index is 1.38. The first-order valence-electron chi connectivity index (χ1n) is 9.40. The Kier molecular flexibility index (Phi) is 5.21. The monoisotopic (exact) mass is 403 g/mol. The van der Waals surface area contributed by atoms with Crippen molar-refractivity contribution in [3.63, 3.8) is 0 Å². The number of carbonyl (C=O) groups is 2. The number of nitrogens with one attached hydrogen (secondary N) is 4. The van der Waals surface area contributed by atoms with Gasteiger partial charge in [0.15, 0.2) is 0 Å². The van der Waals surface area contributed by atoms with Gasteiger partial charge < -0.3 is 9.72 Å². The molecule has 2 amide bonds. The fourth-order valence-corrected chi connectivity index (χ4v) is 3.31. The minimum Gasteiger partial charge on any atom is -0.497 e. The molecule has 0 aliphatic heterocycles. The number of hydrogen-bond acceptors (Lipinski definition) is 4. The van der Waals surface area contributed by atoms with Gasteiger partial charge in [0.1, 0.15) is 11.4 Å². The number of aromatic nitrogens is 3. The second-order valence-electron chi connectivity index (χ2n) is 6.85. The molecule has 0 aliphatic carbocycles. The van der Waals surface area contributed by atoms with Gasteiger partial charge in [-0.15, -0.1) is 0 Å². The largest absolute Gasteiger partial charge is 0.497 e. The van der Waals surface area contributed by atoms with Crippen LogP contribution in [0.15, 0.2) is 54.6 Å². The smallest absolute Gasteiger partial charge is 0.287 e. The molecule has 8 nitrogen and oxygen atoms in total. The second-order valence-corrected chi connectivity index (χ2v) is 6.85. The summed E-state index contributed by atoms with van der Waals surface area (Å²) in [6, 6.07) is 16.7. The van der Waals surface area contributed by atoms with E-state index in [0.717, 1.165) is 33.5 Å². The molecule has 30 heavy (non-hydrogen) atoms. The topological polar surface area (TPSA) is 112 Å². The van der Waals surface area contributed by atoms with Crippen molar-refractivity contribution < 1.29 is 14.3 Å². The first-order valence-corrected chi connectivity index (χ1v) is 9.40. The van der Waals surface area contributed by atoms with Crippen molar-refractivity contribution in [2.75, 3.05) is 7.11 Å². The molecule has 0 spiro atoms. The quantitative estimate of drug-likeness (QED) is 0.384. The van der Waals surface area contributed by atoms with E-state index in [0.29, 0.717) is 5.69 Å². The predicted octanol–water partition coefficient (Wildman–Crippen LogP) is 2.88. The van der Waals surface area contributed by atoms with Gasteiger partial charge >= 0.3 is 0 Å². The summed E-state index contributed by atoms with van der Waals surface area (Å²) in [4.78, 5) is 28.0. The Morgan fingerprint density at radius 3 is 2.60 bits per heavy atom. The van der Waals surface area contributed by atoms with E-state index in [1.807, 2.05) is 55.5 Å². The molecule has 2 aromatic heterocycles. The highest BCUT2D eigenvalue weighted by atomic mass is 16.5. The van der Waals surface area contributed by atoms with Gasteiger partial charge in [0, 0.05) is 22.2 Å². The highest BCUT2D eigenvalue weighted by molar-refractivity contribution is 5.95. The number of H-pyrrole nitrogens is 2. The van der Waals surface area contributed by atoms with Crippen molar-refractivity contribution in [1.29, 1.82) is 0 Å². The van der Waals surface area contributed by atoms with Crippen molar-refractivity contribution in [2.24, 2.45) is 0 Å². The summed E-state index contributed by atoms with van der Waals surface area (Å²) in [6.07, 6.45) is 0.149. The van der Waals surface area contributed by atoms with Crippen LogP contribution in [0.4, 0.5) is 0 Å². The third kappa shape index (κ3) is 3.88. The number of benzene rings is 2. The zero-order valence-corrected chi connectivity index (χ0v) is 16.6. The number of aryl methyl sites for hydroxylation is 1. The Morgan fingerprint density at radius 1 is 1.07 bits per heavy atom. The molecule has 0 aliphatic rings. The molecule has 0 atom stereocenters. The van der Waals surface area contributed by atoms with Crippen molar-refractivity contribution in [3.05, 3.63) is 71.5 Å². The van der Waals surface area contributed by atoms with Crippen LogP contribution in [0.3, 0.4) is 0 Å². The number of amides is 2. The Morgan fingerprint density at radius 2 is 1.83 bits per heavy atom. The van der Waals surface area contributed by atoms with Crippen LogP contribution in [-0.4, -0.2) is 34.1 Å². The number of ether oxygens (including phenoxy) is 1. The number of fused-ring (bicyclic) bond motifs is 1. The van der Waals surface area contributed by atoms with Crippen LogP contribution in [0.5, 0.6) is 5.75 Å². The van der Waals surface area contributed by atoms with Gasteiger partial charge in [-0.3, -0.25) is 25.5 Å². The second kappa shape index (κ2) is 8.12. The third-order valence-electron chi connectivity index (χ3n) is 4.89. The Labute approximate surface area is 172 Å². The molecule has 2 aromatic carbocycles. The fraction of sp³-hybridized carbons (Fsp3) is 0.136. The molecule has 0 fully saturated rings. The van der Waals surface area contributed by atoms with E-state index in [-0.39, 0.29) is 18.0 Å². The lowest BCUT2D eigenvalue weighted by atomic mass is 10.1. The number of rotatable bonds is 5. The van der Waals surface area contributed by atoms with Gasteiger partial charge in [0.2, 0.25) is 5.91 Å². The van der Waals surface area contributed by atoms with E-state index in [1.54, 1.807) is 13.2 Å². The van der Waals surface area contributed by atoms with Crippen LogP contribution in [0.25, 0.3) is 22.2 Å². The third-order valence-corrected chi connectivity index (χ3v) is 4.89. The van der Waals surface area contributed by atoms with Crippen molar-refractivity contribution in [2.45, 2.75) is 13.3 Å². The number of nitrogens with zero attached hydrogens (tertiary/aromatic N) is 1. The van der Waals surface area contributed by atoms with Crippen LogP contribution in [0, 0.1) is 6.92 Å². The van der Waals surface area contributed by atoms with Gasteiger partial charge in [-0.1, -0.05) is 18.2 Å². The summed E-state index contributed by atoms with van der Waals surface area (Å²) < 4.78 is 5.14. The molecular weight excluding hydrogens is 382 g/mol. The lowest BCUT2D eigenvalue weighted by molar-refractivity contribution is -0.121. The van der Waals surface area contributed by atoms with Crippen molar-refractivity contribution >= 4 is 22.7 Å².